The second-order valence-electron chi connectivity index (χ2n) is 5.43. The maximum atomic E-state index is 12.2. The number of nitrogens with one attached hydrogen (secondary N) is 2. The molecule has 7 heteroatoms. The van der Waals surface area contributed by atoms with E-state index in [1.807, 2.05) is 32.9 Å². The highest BCUT2D eigenvalue weighted by atomic mass is 32.2. The van der Waals surface area contributed by atoms with Crippen molar-refractivity contribution in [3.8, 4) is 0 Å². The molecule has 0 atom stereocenters. The van der Waals surface area contributed by atoms with Crippen LogP contribution in [-0.4, -0.2) is 34.2 Å². The summed E-state index contributed by atoms with van der Waals surface area (Å²) in [6.45, 7) is 8.02. The topological polar surface area (TPSA) is 84.1 Å². The predicted octanol–water partition coefficient (Wildman–Crippen LogP) is 3.24. The van der Waals surface area contributed by atoms with Crippen LogP contribution < -0.4 is 5.32 Å². The van der Waals surface area contributed by atoms with E-state index < -0.39 is 5.97 Å². The van der Waals surface area contributed by atoms with Gasteiger partial charge in [0.05, 0.1) is 18.6 Å². The van der Waals surface area contributed by atoms with Crippen LogP contribution in [0.4, 0.5) is 5.69 Å². The van der Waals surface area contributed by atoms with Gasteiger partial charge in [-0.3, -0.25) is 4.79 Å². The van der Waals surface area contributed by atoms with Crippen LogP contribution >= 0.6 is 11.8 Å². The van der Waals surface area contributed by atoms with Gasteiger partial charge in [0.15, 0.2) is 5.16 Å². The second kappa shape index (κ2) is 8.01. The molecule has 128 valence electrons. The van der Waals surface area contributed by atoms with E-state index in [-0.39, 0.29) is 17.4 Å². The third kappa shape index (κ3) is 4.61. The largest absolute Gasteiger partial charge is 0.461 e. The summed E-state index contributed by atoms with van der Waals surface area (Å²) < 4.78 is 4.88. The van der Waals surface area contributed by atoms with Crippen LogP contribution in [0.2, 0.25) is 0 Å². The van der Waals surface area contributed by atoms with Gasteiger partial charge in [-0.2, -0.15) is 0 Å². The lowest BCUT2D eigenvalue weighted by atomic mass is 10.1. The Hall–Kier alpha value is -2.28. The number of carbonyl (C=O) groups is 2. The van der Waals surface area contributed by atoms with Crippen molar-refractivity contribution < 1.29 is 14.3 Å². The van der Waals surface area contributed by atoms with Gasteiger partial charge in [-0.05, 0) is 38.8 Å². The molecular weight excluding hydrogens is 326 g/mol. The number of aromatic nitrogens is 2. The smallest absolute Gasteiger partial charge is 0.356 e. The zero-order valence-corrected chi connectivity index (χ0v) is 15.0. The number of anilines is 1. The van der Waals surface area contributed by atoms with Crippen LogP contribution in [0.1, 0.15) is 34.1 Å². The van der Waals surface area contributed by atoms with Crippen molar-refractivity contribution in [3.05, 3.63) is 40.7 Å². The third-order valence-corrected chi connectivity index (χ3v) is 4.22. The average molecular weight is 347 g/mol. The molecule has 0 saturated carbocycles. The Morgan fingerprint density at radius 3 is 2.54 bits per heavy atom. The summed E-state index contributed by atoms with van der Waals surface area (Å²) in [4.78, 5) is 30.6. The lowest BCUT2D eigenvalue weighted by Crippen LogP contribution is -2.16. The number of thioether (sulfide) groups is 1. The van der Waals surface area contributed by atoms with Crippen molar-refractivity contribution in [1.82, 2.24) is 9.97 Å². The molecule has 2 N–H and O–H groups in total. The summed E-state index contributed by atoms with van der Waals surface area (Å²) in [6, 6.07) is 4.07. The van der Waals surface area contributed by atoms with Gasteiger partial charge in [0.1, 0.15) is 5.69 Å². The third-order valence-electron chi connectivity index (χ3n) is 3.33. The summed E-state index contributed by atoms with van der Waals surface area (Å²) in [5.41, 5.74) is 4.36. The highest BCUT2D eigenvalue weighted by Gasteiger charge is 2.13. The molecule has 24 heavy (non-hydrogen) atoms. The lowest BCUT2D eigenvalue weighted by Gasteiger charge is -2.12. The van der Waals surface area contributed by atoms with Gasteiger partial charge >= 0.3 is 5.97 Å². The quantitative estimate of drug-likeness (QED) is 0.619. The predicted molar refractivity (Wildman–Crippen MR) is 94.6 cm³/mol. The molecule has 1 heterocycles. The fourth-order valence-electron chi connectivity index (χ4n) is 2.38. The van der Waals surface area contributed by atoms with Crippen LogP contribution in [0.15, 0.2) is 23.5 Å². The van der Waals surface area contributed by atoms with Crippen LogP contribution in [-0.2, 0) is 9.53 Å². The minimum absolute atomic E-state index is 0.121. The van der Waals surface area contributed by atoms with Crippen molar-refractivity contribution >= 4 is 29.3 Å². The Morgan fingerprint density at radius 2 is 1.92 bits per heavy atom. The molecule has 1 aromatic heterocycles. The van der Waals surface area contributed by atoms with Crippen molar-refractivity contribution in [3.63, 3.8) is 0 Å². The Bertz CT molecular complexity index is 732. The van der Waals surface area contributed by atoms with Gasteiger partial charge in [-0.1, -0.05) is 29.5 Å². The molecule has 0 bridgehead atoms. The molecule has 0 aliphatic heterocycles. The first-order valence-corrected chi connectivity index (χ1v) is 8.62. The fourth-order valence-corrected chi connectivity index (χ4v) is 3.02. The molecule has 1 amide bonds. The molecule has 0 fully saturated rings. The van der Waals surface area contributed by atoms with Gasteiger partial charge < -0.3 is 15.0 Å². The van der Waals surface area contributed by atoms with Gasteiger partial charge in [-0.25, -0.2) is 9.78 Å². The zero-order valence-electron chi connectivity index (χ0n) is 14.2. The molecule has 0 unspecified atom stereocenters. The van der Waals surface area contributed by atoms with E-state index in [4.69, 9.17) is 4.74 Å². The van der Waals surface area contributed by atoms with E-state index in [9.17, 15) is 9.59 Å². The van der Waals surface area contributed by atoms with Crippen LogP contribution in [0.3, 0.4) is 0 Å². The number of rotatable bonds is 6. The molecule has 1 aromatic carbocycles. The minimum atomic E-state index is -0.452. The summed E-state index contributed by atoms with van der Waals surface area (Å²) in [5.74, 6) is -0.376. The van der Waals surface area contributed by atoms with Gasteiger partial charge in [0, 0.05) is 5.69 Å². The number of imidazole rings is 1. The van der Waals surface area contributed by atoms with Crippen molar-refractivity contribution in [2.24, 2.45) is 0 Å². The number of hydrogen-bond acceptors (Lipinski definition) is 5. The Morgan fingerprint density at radius 1 is 1.25 bits per heavy atom. The van der Waals surface area contributed by atoms with E-state index in [1.165, 1.54) is 23.5 Å². The first kappa shape index (κ1) is 18.1. The maximum absolute atomic E-state index is 12.2. The maximum Gasteiger partial charge on any atom is 0.356 e. The summed E-state index contributed by atoms with van der Waals surface area (Å²) in [5, 5.41) is 3.44. The van der Waals surface area contributed by atoms with E-state index in [2.05, 4.69) is 15.3 Å². The Labute approximate surface area is 145 Å². The summed E-state index contributed by atoms with van der Waals surface area (Å²) >= 11 is 1.23. The standard InChI is InChI=1S/C17H21N3O3S/c1-5-23-16(22)13-8-18-17(19-13)24-9-14(21)20-15-11(3)6-10(2)7-12(15)4/h6-8H,5,9H2,1-4H3,(H,18,19)(H,20,21). The molecule has 2 rings (SSSR count). The van der Waals surface area contributed by atoms with Crippen molar-refractivity contribution in [2.75, 3.05) is 17.7 Å². The number of aromatic amines is 1. The molecule has 0 radical (unpaired) electrons. The van der Waals surface area contributed by atoms with E-state index in [1.54, 1.807) is 6.92 Å². The van der Waals surface area contributed by atoms with Crippen LogP contribution in [0.5, 0.6) is 0 Å². The van der Waals surface area contributed by atoms with Crippen molar-refractivity contribution in [1.29, 1.82) is 0 Å². The number of H-pyrrole nitrogens is 1. The second-order valence-corrected chi connectivity index (χ2v) is 6.40. The minimum Gasteiger partial charge on any atom is -0.461 e. The van der Waals surface area contributed by atoms with Gasteiger partial charge in [0.2, 0.25) is 5.91 Å². The first-order valence-electron chi connectivity index (χ1n) is 7.63. The fraction of sp³-hybridized carbons (Fsp3) is 0.353. The van der Waals surface area contributed by atoms with Crippen LogP contribution in [0, 0.1) is 20.8 Å². The van der Waals surface area contributed by atoms with Crippen LogP contribution in [0.25, 0.3) is 0 Å². The lowest BCUT2D eigenvalue weighted by molar-refractivity contribution is -0.113. The highest BCUT2D eigenvalue weighted by Crippen LogP contribution is 2.22. The Kier molecular flexibility index (Phi) is 6.03. The molecule has 2 aromatic rings. The van der Waals surface area contributed by atoms with E-state index >= 15 is 0 Å². The number of nitrogens with zero attached hydrogens (tertiary/aromatic N) is 1. The Balaban J connectivity index is 1.93. The molecule has 0 saturated heterocycles. The summed E-state index contributed by atoms with van der Waals surface area (Å²) in [7, 11) is 0. The molecule has 0 aliphatic carbocycles. The SMILES string of the molecule is CCOC(=O)c1cnc(SCC(=O)Nc2c(C)cc(C)cc2C)[nH]1. The van der Waals surface area contributed by atoms with Crippen molar-refractivity contribution in [2.45, 2.75) is 32.9 Å². The average Bonchev–Trinajstić information content (AvgIpc) is 2.98. The van der Waals surface area contributed by atoms with Gasteiger partial charge in [0.25, 0.3) is 0 Å². The number of carbonyl (C=O) groups excluding carboxylic acids is 2. The monoisotopic (exact) mass is 347 g/mol. The molecule has 0 aliphatic rings. The first-order chi connectivity index (χ1) is 11.4. The molecule has 6 nitrogen and oxygen atoms in total. The zero-order chi connectivity index (χ0) is 17.7. The van der Waals surface area contributed by atoms with Gasteiger partial charge in [-0.15, -0.1) is 0 Å². The normalized spacial score (nSPS) is 10.5. The molecular formula is C17H21N3O3S. The van der Waals surface area contributed by atoms with E-state index in [0.717, 1.165) is 16.8 Å². The summed E-state index contributed by atoms with van der Waals surface area (Å²) in [6.07, 6.45) is 1.41. The van der Waals surface area contributed by atoms with E-state index in [0.29, 0.717) is 11.8 Å². The number of ether oxygens (including phenoxy) is 1. The number of aryl methyl sites for hydroxylation is 3. The molecule has 0 spiro atoms. The number of benzene rings is 1. The highest BCUT2D eigenvalue weighted by molar-refractivity contribution is 7.99. The number of hydrogen-bond donors (Lipinski definition) is 2. The number of esters is 1. The number of amides is 1.